The van der Waals surface area contributed by atoms with Crippen molar-refractivity contribution in [2.45, 2.75) is 26.3 Å². The van der Waals surface area contributed by atoms with E-state index in [4.69, 9.17) is 0 Å². The lowest BCUT2D eigenvalue weighted by atomic mass is 9.82. The Bertz CT molecular complexity index is 547. The molecule has 2 atom stereocenters. The maximum atomic E-state index is 12.4. The van der Waals surface area contributed by atoms with Crippen LogP contribution < -0.4 is 0 Å². The topological polar surface area (TPSA) is 37.4 Å². The van der Waals surface area contributed by atoms with E-state index in [0.29, 0.717) is 13.0 Å². The summed E-state index contributed by atoms with van der Waals surface area (Å²) >= 11 is 0. The van der Waals surface area contributed by atoms with E-state index in [2.05, 4.69) is 6.08 Å². The molecule has 0 aromatic heterocycles. The molecule has 98 valence electrons. The molecule has 0 unspecified atom stereocenters. The van der Waals surface area contributed by atoms with E-state index < -0.39 is 0 Å². The molecule has 1 aromatic carbocycles. The summed E-state index contributed by atoms with van der Waals surface area (Å²) in [4.78, 5) is 26.2. The zero-order chi connectivity index (χ0) is 13.4. The van der Waals surface area contributed by atoms with Gasteiger partial charge in [0.1, 0.15) is 0 Å². The van der Waals surface area contributed by atoms with Crippen LogP contribution in [0.2, 0.25) is 0 Å². The van der Waals surface area contributed by atoms with Crippen molar-refractivity contribution >= 4 is 11.8 Å². The van der Waals surface area contributed by atoms with Gasteiger partial charge in [0, 0.05) is 0 Å². The number of carbonyl (C=O) groups excluding carboxylic acids is 2. The average molecular weight is 255 g/mol. The van der Waals surface area contributed by atoms with E-state index in [1.807, 2.05) is 37.3 Å². The van der Waals surface area contributed by atoms with Crippen molar-refractivity contribution in [2.24, 2.45) is 11.8 Å². The number of fused-ring (bicyclic) bond motifs is 1. The predicted molar refractivity (Wildman–Crippen MR) is 72.0 cm³/mol. The fraction of sp³-hybridized carbons (Fsp3) is 0.375. The summed E-state index contributed by atoms with van der Waals surface area (Å²) in [5.74, 6) is -0.241. The summed E-state index contributed by atoms with van der Waals surface area (Å²) in [6.07, 6.45) is 3.55. The van der Waals surface area contributed by atoms with Crippen LogP contribution in [0.5, 0.6) is 0 Å². The number of carbonyl (C=O) groups is 2. The number of hydrogen-bond donors (Lipinski definition) is 0. The number of likely N-dealkylation sites (tertiary alicyclic amines) is 1. The number of amides is 2. The molecule has 3 nitrogen and oxygen atoms in total. The highest BCUT2D eigenvalue weighted by Gasteiger charge is 2.47. The number of hydrogen-bond acceptors (Lipinski definition) is 2. The number of nitrogens with zero attached hydrogens (tertiary/aromatic N) is 1. The Morgan fingerprint density at radius 3 is 2.53 bits per heavy atom. The molecule has 1 aromatic rings. The van der Waals surface area contributed by atoms with Gasteiger partial charge >= 0.3 is 0 Å². The first-order valence-corrected chi connectivity index (χ1v) is 6.71. The SMILES string of the molecule is CC1=CC[C@H]2C(=O)N(Cc3ccccc3)C(=O)[C@H]2C1. The third kappa shape index (κ3) is 2.09. The van der Waals surface area contributed by atoms with Crippen molar-refractivity contribution in [3.8, 4) is 0 Å². The van der Waals surface area contributed by atoms with E-state index in [0.717, 1.165) is 12.0 Å². The monoisotopic (exact) mass is 255 g/mol. The second kappa shape index (κ2) is 4.65. The van der Waals surface area contributed by atoms with Gasteiger partial charge in [-0.2, -0.15) is 0 Å². The van der Waals surface area contributed by atoms with Gasteiger partial charge in [0.2, 0.25) is 11.8 Å². The highest BCUT2D eigenvalue weighted by molar-refractivity contribution is 6.05. The smallest absolute Gasteiger partial charge is 0.233 e. The molecule has 1 aliphatic carbocycles. The molecule has 1 heterocycles. The minimum Gasteiger partial charge on any atom is -0.278 e. The zero-order valence-corrected chi connectivity index (χ0v) is 11.0. The van der Waals surface area contributed by atoms with Gasteiger partial charge < -0.3 is 0 Å². The van der Waals surface area contributed by atoms with Crippen molar-refractivity contribution in [1.82, 2.24) is 4.90 Å². The molecule has 0 bridgehead atoms. The van der Waals surface area contributed by atoms with Crippen LogP contribution in [0.4, 0.5) is 0 Å². The lowest BCUT2D eigenvalue weighted by Gasteiger charge is -2.19. The molecule has 2 amide bonds. The van der Waals surface area contributed by atoms with E-state index in [-0.39, 0.29) is 23.7 Å². The molecule has 2 aliphatic rings. The lowest BCUT2D eigenvalue weighted by Crippen LogP contribution is -2.30. The molecule has 0 N–H and O–H groups in total. The molecule has 19 heavy (non-hydrogen) atoms. The van der Waals surface area contributed by atoms with E-state index in [1.54, 1.807) is 0 Å². The first kappa shape index (κ1) is 12.2. The van der Waals surface area contributed by atoms with Gasteiger partial charge in [-0.15, -0.1) is 0 Å². The predicted octanol–water partition coefficient (Wildman–Crippen LogP) is 2.53. The van der Waals surface area contributed by atoms with E-state index >= 15 is 0 Å². The Labute approximate surface area is 112 Å². The second-order valence-electron chi connectivity index (χ2n) is 5.45. The van der Waals surface area contributed by atoms with Crippen LogP contribution in [0.3, 0.4) is 0 Å². The minimum absolute atomic E-state index is 0.00241. The molecule has 1 saturated heterocycles. The van der Waals surface area contributed by atoms with Crippen molar-refractivity contribution in [2.75, 3.05) is 0 Å². The molecule has 0 spiro atoms. The molecule has 0 saturated carbocycles. The normalized spacial score (nSPS) is 26.4. The van der Waals surface area contributed by atoms with Crippen LogP contribution >= 0.6 is 0 Å². The van der Waals surface area contributed by atoms with Crippen molar-refractivity contribution in [3.05, 3.63) is 47.5 Å². The van der Waals surface area contributed by atoms with Crippen molar-refractivity contribution < 1.29 is 9.59 Å². The van der Waals surface area contributed by atoms with Crippen LogP contribution in [0, 0.1) is 11.8 Å². The Morgan fingerprint density at radius 2 is 1.79 bits per heavy atom. The summed E-state index contributed by atoms with van der Waals surface area (Å²) < 4.78 is 0. The molecular formula is C16H17NO2. The van der Waals surface area contributed by atoms with Gasteiger partial charge in [0.05, 0.1) is 18.4 Å². The van der Waals surface area contributed by atoms with Gasteiger partial charge in [-0.1, -0.05) is 42.0 Å². The standard InChI is InChI=1S/C16H17NO2/c1-11-7-8-13-14(9-11)16(19)17(15(13)18)10-12-5-3-2-4-6-12/h2-7,13-14H,8-10H2,1H3/t13-,14+/m1/s1. The highest BCUT2D eigenvalue weighted by atomic mass is 16.2. The molecule has 3 heteroatoms. The Balaban J connectivity index is 1.82. The van der Waals surface area contributed by atoms with Gasteiger partial charge in [-0.25, -0.2) is 0 Å². The Morgan fingerprint density at radius 1 is 1.11 bits per heavy atom. The lowest BCUT2D eigenvalue weighted by molar-refractivity contribution is -0.140. The summed E-state index contributed by atoms with van der Waals surface area (Å²) in [5.41, 5.74) is 2.23. The number of rotatable bonds is 2. The van der Waals surface area contributed by atoms with Gasteiger partial charge in [-0.3, -0.25) is 14.5 Å². The van der Waals surface area contributed by atoms with Crippen molar-refractivity contribution in [1.29, 1.82) is 0 Å². The third-order valence-electron chi connectivity index (χ3n) is 4.10. The summed E-state index contributed by atoms with van der Waals surface area (Å²) in [7, 11) is 0. The first-order chi connectivity index (χ1) is 9.16. The quantitative estimate of drug-likeness (QED) is 0.601. The van der Waals surface area contributed by atoms with Crippen LogP contribution in [0.1, 0.15) is 25.3 Å². The van der Waals surface area contributed by atoms with Crippen LogP contribution in [-0.2, 0) is 16.1 Å². The minimum atomic E-state index is -0.125. The molecular weight excluding hydrogens is 238 g/mol. The van der Waals surface area contributed by atoms with Crippen LogP contribution in [0.25, 0.3) is 0 Å². The molecule has 3 rings (SSSR count). The maximum absolute atomic E-state index is 12.4. The highest BCUT2D eigenvalue weighted by Crippen LogP contribution is 2.38. The molecule has 1 fully saturated rings. The van der Waals surface area contributed by atoms with Crippen LogP contribution in [0.15, 0.2) is 42.0 Å². The molecule has 1 aliphatic heterocycles. The largest absolute Gasteiger partial charge is 0.278 e. The third-order valence-corrected chi connectivity index (χ3v) is 4.10. The fourth-order valence-corrected chi connectivity index (χ4v) is 3.03. The maximum Gasteiger partial charge on any atom is 0.233 e. The summed E-state index contributed by atoms with van der Waals surface area (Å²) in [5, 5.41) is 0. The Kier molecular flexibility index (Phi) is 2.97. The average Bonchev–Trinajstić information content (AvgIpc) is 2.65. The van der Waals surface area contributed by atoms with Gasteiger partial charge in [-0.05, 0) is 25.3 Å². The zero-order valence-electron chi connectivity index (χ0n) is 11.0. The molecule has 0 radical (unpaired) electrons. The first-order valence-electron chi connectivity index (χ1n) is 6.71. The summed E-state index contributed by atoms with van der Waals surface area (Å²) in [6.45, 7) is 2.44. The number of benzene rings is 1. The summed E-state index contributed by atoms with van der Waals surface area (Å²) in [6, 6.07) is 9.69. The van der Waals surface area contributed by atoms with Gasteiger partial charge in [0.25, 0.3) is 0 Å². The second-order valence-corrected chi connectivity index (χ2v) is 5.45. The van der Waals surface area contributed by atoms with Crippen molar-refractivity contribution in [3.63, 3.8) is 0 Å². The fourth-order valence-electron chi connectivity index (χ4n) is 3.03. The van der Waals surface area contributed by atoms with E-state index in [9.17, 15) is 9.59 Å². The number of allylic oxidation sites excluding steroid dienone is 2. The Hall–Kier alpha value is -1.90. The van der Waals surface area contributed by atoms with E-state index in [1.165, 1.54) is 10.5 Å². The van der Waals surface area contributed by atoms with Crippen LogP contribution in [-0.4, -0.2) is 16.7 Å². The number of imide groups is 1. The van der Waals surface area contributed by atoms with Gasteiger partial charge in [0.15, 0.2) is 0 Å².